The minimum Gasteiger partial charge on any atom is -0.485 e. The van der Waals surface area contributed by atoms with Crippen LogP contribution in [0.2, 0.25) is 0 Å². The van der Waals surface area contributed by atoms with Crippen molar-refractivity contribution in [2.75, 3.05) is 13.2 Å². The lowest BCUT2D eigenvalue weighted by atomic mass is 10.0. The molecule has 110 valence electrons. The number of nitrogens with one attached hydrogen (secondary N) is 1. The van der Waals surface area contributed by atoms with Gasteiger partial charge < -0.3 is 19.9 Å². The predicted octanol–water partition coefficient (Wildman–Crippen LogP) is 1.35. The zero-order valence-electron chi connectivity index (χ0n) is 11.8. The van der Waals surface area contributed by atoms with Crippen LogP contribution < -0.4 is 14.8 Å². The van der Waals surface area contributed by atoms with E-state index in [4.69, 9.17) is 9.47 Å². The van der Waals surface area contributed by atoms with Crippen LogP contribution in [0.3, 0.4) is 0 Å². The summed E-state index contributed by atoms with van der Waals surface area (Å²) in [6, 6.07) is 7.01. The molecule has 0 spiro atoms. The molecule has 5 nitrogen and oxygen atoms in total. The summed E-state index contributed by atoms with van der Waals surface area (Å²) in [6.07, 6.45) is 0.0537. The second-order valence-corrected chi connectivity index (χ2v) is 5.38. The number of rotatable bonds is 5. The van der Waals surface area contributed by atoms with Crippen molar-refractivity contribution in [3.63, 3.8) is 0 Å². The van der Waals surface area contributed by atoms with Gasteiger partial charge in [0, 0.05) is 0 Å². The van der Waals surface area contributed by atoms with E-state index in [1.807, 2.05) is 26.0 Å². The van der Waals surface area contributed by atoms with Crippen LogP contribution >= 0.6 is 0 Å². The van der Waals surface area contributed by atoms with E-state index in [-0.39, 0.29) is 25.2 Å². The number of hydrogen-bond acceptors (Lipinski definition) is 4. The maximum atomic E-state index is 12.1. The Bertz CT molecular complexity index is 461. The second-order valence-electron chi connectivity index (χ2n) is 5.38. The van der Waals surface area contributed by atoms with Crippen molar-refractivity contribution in [3.05, 3.63) is 24.3 Å². The minimum absolute atomic E-state index is 0.0753. The summed E-state index contributed by atoms with van der Waals surface area (Å²) in [7, 11) is 0. The molecule has 1 aliphatic heterocycles. The van der Waals surface area contributed by atoms with E-state index in [9.17, 15) is 9.90 Å². The average Bonchev–Trinajstić information content (AvgIpc) is 2.45. The molecular weight excluding hydrogens is 258 g/mol. The molecule has 0 fully saturated rings. The van der Waals surface area contributed by atoms with Gasteiger partial charge in [0.2, 0.25) is 6.10 Å². The number of ether oxygens (including phenoxy) is 2. The minimum atomic E-state index is -0.675. The largest absolute Gasteiger partial charge is 0.485 e. The molecule has 5 heteroatoms. The predicted molar refractivity (Wildman–Crippen MR) is 74.8 cm³/mol. The van der Waals surface area contributed by atoms with E-state index in [1.165, 1.54) is 0 Å². The Labute approximate surface area is 118 Å². The van der Waals surface area contributed by atoms with Gasteiger partial charge in [0.05, 0.1) is 12.6 Å². The van der Waals surface area contributed by atoms with Crippen molar-refractivity contribution >= 4 is 5.91 Å². The lowest BCUT2D eigenvalue weighted by Crippen LogP contribution is -2.49. The van der Waals surface area contributed by atoms with Crippen molar-refractivity contribution in [3.8, 4) is 11.5 Å². The van der Waals surface area contributed by atoms with Crippen molar-refractivity contribution in [1.82, 2.24) is 5.32 Å². The molecule has 1 heterocycles. The van der Waals surface area contributed by atoms with Crippen LogP contribution in [0.15, 0.2) is 24.3 Å². The van der Waals surface area contributed by atoms with E-state index in [0.29, 0.717) is 17.4 Å². The summed E-state index contributed by atoms with van der Waals surface area (Å²) in [5, 5.41) is 12.1. The number of aliphatic hydroxyl groups is 1. The van der Waals surface area contributed by atoms with Gasteiger partial charge in [-0.1, -0.05) is 26.0 Å². The van der Waals surface area contributed by atoms with Gasteiger partial charge in [-0.2, -0.15) is 0 Å². The summed E-state index contributed by atoms with van der Waals surface area (Å²) in [6.45, 7) is 4.20. The third kappa shape index (κ3) is 3.63. The molecule has 0 bridgehead atoms. The van der Waals surface area contributed by atoms with E-state index in [0.717, 1.165) is 6.42 Å². The van der Waals surface area contributed by atoms with Gasteiger partial charge in [-0.05, 0) is 24.5 Å². The summed E-state index contributed by atoms with van der Waals surface area (Å²) >= 11 is 0. The monoisotopic (exact) mass is 279 g/mol. The first-order chi connectivity index (χ1) is 9.60. The summed E-state index contributed by atoms with van der Waals surface area (Å²) < 4.78 is 11.1. The average molecular weight is 279 g/mol. The standard InChI is InChI=1S/C15H21NO4/c1-10(2)7-11(8-17)16-15(18)14-9-19-12-5-3-4-6-13(12)20-14/h3-6,10-11,14,17H,7-9H2,1-2H3,(H,16,18). The van der Waals surface area contributed by atoms with Gasteiger partial charge in [-0.15, -0.1) is 0 Å². The number of fused-ring (bicyclic) bond motifs is 1. The molecule has 0 aliphatic carbocycles. The molecule has 20 heavy (non-hydrogen) atoms. The molecule has 0 saturated carbocycles. The molecule has 2 atom stereocenters. The molecule has 0 aromatic heterocycles. The number of amides is 1. The normalized spacial score (nSPS) is 18.7. The fourth-order valence-corrected chi connectivity index (χ4v) is 2.19. The summed E-state index contributed by atoms with van der Waals surface area (Å²) in [5.41, 5.74) is 0. The summed E-state index contributed by atoms with van der Waals surface area (Å²) in [5.74, 6) is 1.37. The van der Waals surface area contributed by atoms with Crippen LogP contribution in [0.25, 0.3) is 0 Å². The van der Waals surface area contributed by atoms with Crippen molar-refractivity contribution in [1.29, 1.82) is 0 Å². The van der Waals surface area contributed by atoms with Crippen LogP contribution in [-0.2, 0) is 4.79 Å². The topological polar surface area (TPSA) is 67.8 Å². The van der Waals surface area contributed by atoms with Crippen LogP contribution in [0.1, 0.15) is 20.3 Å². The number of benzene rings is 1. The van der Waals surface area contributed by atoms with E-state index < -0.39 is 6.10 Å². The highest BCUT2D eigenvalue weighted by Crippen LogP contribution is 2.30. The quantitative estimate of drug-likeness (QED) is 0.853. The SMILES string of the molecule is CC(C)CC(CO)NC(=O)C1COc2ccccc2O1. The number of hydrogen-bond donors (Lipinski definition) is 2. The molecule has 2 N–H and O–H groups in total. The van der Waals surface area contributed by atoms with Crippen molar-refractivity contribution in [2.24, 2.45) is 5.92 Å². The highest BCUT2D eigenvalue weighted by Gasteiger charge is 2.28. The highest BCUT2D eigenvalue weighted by atomic mass is 16.6. The Morgan fingerprint density at radius 3 is 2.75 bits per heavy atom. The molecule has 1 amide bonds. The summed E-state index contributed by atoms with van der Waals surface area (Å²) in [4.78, 5) is 12.1. The first-order valence-corrected chi connectivity index (χ1v) is 6.90. The number of para-hydroxylation sites is 2. The molecule has 1 aromatic carbocycles. The van der Waals surface area contributed by atoms with Gasteiger partial charge in [-0.25, -0.2) is 0 Å². The maximum absolute atomic E-state index is 12.1. The Morgan fingerprint density at radius 1 is 1.40 bits per heavy atom. The van der Waals surface area contributed by atoms with Gasteiger partial charge in [0.15, 0.2) is 11.5 Å². The lowest BCUT2D eigenvalue weighted by Gasteiger charge is -2.27. The molecule has 1 aliphatic rings. The molecule has 2 unspecified atom stereocenters. The van der Waals surface area contributed by atoms with Gasteiger partial charge in [0.1, 0.15) is 6.61 Å². The molecule has 0 radical (unpaired) electrons. The van der Waals surface area contributed by atoms with Crippen LogP contribution in [0.5, 0.6) is 11.5 Å². The molecule has 2 rings (SSSR count). The van der Waals surface area contributed by atoms with Crippen LogP contribution in [0, 0.1) is 5.92 Å². The highest BCUT2D eigenvalue weighted by molar-refractivity contribution is 5.82. The lowest BCUT2D eigenvalue weighted by molar-refractivity contribution is -0.131. The van der Waals surface area contributed by atoms with E-state index in [1.54, 1.807) is 12.1 Å². The first-order valence-electron chi connectivity index (χ1n) is 6.90. The Morgan fingerprint density at radius 2 is 2.10 bits per heavy atom. The zero-order valence-corrected chi connectivity index (χ0v) is 11.8. The second kappa shape index (κ2) is 6.61. The third-order valence-corrected chi connectivity index (χ3v) is 3.12. The van der Waals surface area contributed by atoms with Crippen molar-refractivity contribution < 1.29 is 19.4 Å². The smallest absolute Gasteiger partial charge is 0.264 e. The Kier molecular flexibility index (Phi) is 4.84. The molecule has 1 aromatic rings. The van der Waals surface area contributed by atoms with Gasteiger partial charge >= 0.3 is 0 Å². The number of aliphatic hydroxyl groups excluding tert-OH is 1. The maximum Gasteiger partial charge on any atom is 0.264 e. The Balaban J connectivity index is 1.94. The molecular formula is C15H21NO4. The van der Waals surface area contributed by atoms with E-state index in [2.05, 4.69) is 5.32 Å². The Hall–Kier alpha value is -1.75. The zero-order chi connectivity index (χ0) is 14.5. The van der Waals surface area contributed by atoms with Crippen molar-refractivity contribution in [2.45, 2.75) is 32.4 Å². The molecule has 0 saturated heterocycles. The van der Waals surface area contributed by atoms with Crippen LogP contribution in [-0.4, -0.2) is 36.4 Å². The fourth-order valence-electron chi connectivity index (χ4n) is 2.19. The van der Waals surface area contributed by atoms with E-state index >= 15 is 0 Å². The van der Waals surface area contributed by atoms with Crippen LogP contribution in [0.4, 0.5) is 0 Å². The van der Waals surface area contributed by atoms with Gasteiger partial charge in [-0.3, -0.25) is 4.79 Å². The third-order valence-electron chi connectivity index (χ3n) is 3.12. The number of carbonyl (C=O) groups excluding carboxylic acids is 1. The first kappa shape index (κ1) is 14.7. The van der Waals surface area contributed by atoms with Gasteiger partial charge in [0.25, 0.3) is 5.91 Å². The number of carbonyl (C=O) groups is 1. The fraction of sp³-hybridized carbons (Fsp3) is 0.533.